The van der Waals surface area contributed by atoms with Gasteiger partial charge in [-0.05, 0) is 38.6 Å². The number of rotatable bonds is 4. The Balaban J connectivity index is 1.81. The first-order valence-corrected chi connectivity index (χ1v) is 7.76. The van der Waals surface area contributed by atoms with Gasteiger partial charge < -0.3 is 9.15 Å². The lowest BCUT2D eigenvalue weighted by Crippen LogP contribution is -2.31. The van der Waals surface area contributed by atoms with Crippen LogP contribution in [0.25, 0.3) is 11.5 Å². The third kappa shape index (κ3) is 3.62. The van der Waals surface area contributed by atoms with Gasteiger partial charge in [-0.25, -0.2) is 4.98 Å². The highest BCUT2D eigenvalue weighted by atomic mass is 19.4. The highest BCUT2D eigenvalue weighted by molar-refractivity contribution is 5.55. The predicted molar refractivity (Wildman–Crippen MR) is 82.4 cm³/mol. The molecule has 0 radical (unpaired) electrons. The van der Waals surface area contributed by atoms with Crippen molar-refractivity contribution in [2.75, 3.05) is 20.3 Å². The number of alkyl halides is 3. The van der Waals surface area contributed by atoms with Crippen LogP contribution in [0.15, 0.2) is 28.7 Å². The molecule has 7 heteroatoms. The molecule has 1 fully saturated rings. The molecule has 130 valence electrons. The molecule has 3 rings (SSSR count). The van der Waals surface area contributed by atoms with Gasteiger partial charge in [0.25, 0.3) is 0 Å². The first kappa shape index (κ1) is 17.0. The van der Waals surface area contributed by atoms with Gasteiger partial charge in [0.1, 0.15) is 5.76 Å². The lowest BCUT2D eigenvalue weighted by atomic mass is 10.1. The van der Waals surface area contributed by atoms with E-state index in [1.54, 1.807) is 13.0 Å². The van der Waals surface area contributed by atoms with Gasteiger partial charge in [-0.3, -0.25) is 4.90 Å². The largest absolute Gasteiger partial charge is 0.441 e. The number of aryl methyl sites for hydroxylation is 1. The van der Waals surface area contributed by atoms with Crippen LogP contribution in [-0.2, 0) is 17.5 Å². The normalized spacial score (nSPS) is 18.5. The summed E-state index contributed by atoms with van der Waals surface area (Å²) >= 11 is 0. The molecular weight excluding hydrogens is 321 g/mol. The van der Waals surface area contributed by atoms with Crippen LogP contribution in [0.3, 0.4) is 0 Å². The second-order valence-electron chi connectivity index (χ2n) is 6.03. The number of hydrogen-bond donors (Lipinski definition) is 0. The van der Waals surface area contributed by atoms with E-state index in [0.717, 1.165) is 30.9 Å². The van der Waals surface area contributed by atoms with E-state index in [-0.39, 0.29) is 5.89 Å². The Kier molecular flexibility index (Phi) is 4.64. The number of benzene rings is 1. The zero-order valence-corrected chi connectivity index (χ0v) is 13.6. The molecular formula is C17H19F3N2O2. The van der Waals surface area contributed by atoms with Crippen LogP contribution in [0.1, 0.15) is 23.4 Å². The molecule has 0 aliphatic carbocycles. The highest BCUT2D eigenvalue weighted by Crippen LogP contribution is 2.32. The predicted octanol–water partition coefficient (Wildman–Crippen LogP) is 3.89. The summed E-state index contributed by atoms with van der Waals surface area (Å²) in [6, 6.07) is 5.36. The molecule has 1 saturated heterocycles. The lowest BCUT2D eigenvalue weighted by Gasteiger charge is -2.21. The summed E-state index contributed by atoms with van der Waals surface area (Å²) in [4.78, 5) is 6.53. The van der Waals surface area contributed by atoms with Gasteiger partial charge in [-0.15, -0.1) is 0 Å². The molecule has 1 aromatic carbocycles. The van der Waals surface area contributed by atoms with E-state index in [9.17, 15) is 13.2 Å². The number of aromatic nitrogens is 1. The Hall–Kier alpha value is -1.86. The minimum atomic E-state index is -4.39. The fourth-order valence-electron chi connectivity index (χ4n) is 2.76. The molecule has 1 aliphatic heterocycles. The summed E-state index contributed by atoms with van der Waals surface area (Å²) < 4.78 is 49.5. The van der Waals surface area contributed by atoms with Gasteiger partial charge >= 0.3 is 6.18 Å². The maximum atomic E-state index is 12.8. The van der Waals surface area contributed by atoms with Gasteiger partial charge in [-0.2, -0.15) is 13.2 Å². The Morgan fingerprint density at radius 2 is 2.12 bits per heavy atom. The van der Waals surface area contributed by atoms with Gasteiger partial charge in [0.05, 0.1) is 17.9 Å². The van der Waals surface area contributed by atoms with Crippen molar-refractivity contribution >= 4 is 0 Å². The van der Waals surface area contributed by atoms with Crippen molar-refractivity contribution in [1.82, 2.24) is 9.88 Å². The minimum absolute atomic E-state index is 0.213. The third-order valence-electron chi connectivity index (χ3n) is 4.26. The van der Waals surface area contributed by atoms with Gasteiger partial charge in [0, 0.05) is 24.8 Å². The molecule has 0 bridgehead atoms. The molecule has 1 aliphatic rings. The maximum absolute atomic E-state index is 12.8. The molecule has 0 amide bonds. The minimum Gasteiger partial charge on any atom is -0.441 e. The van der Waals surface area contributed by atoms with Crippen LogP contribution < -0.4 is 0 Å². The third-order valence-corrected chi connectivity index (χ3v) is 4.26. The van der Waals surface area contributed by atoms with E-state index in [1.165, 1.54) is 6.07 Å². The summed E-state index contributed by atoms with van der Waals surface area (Å²) in [6.07, 6.45) is -3.42. The van der Waals surface area contributed by atoms with E-state index < -0.39 is 11.7 Å². The van der Waals surface area contributed by atoms with Gasteiger partial charge in [-0.1, -0.05) is 6.07 Å². The zero-order chi connectivity index (χ0) is 17.3. The lowest BCUT2D eigenvalue weighted by molar-refractivity contribution is -0.137. The molecule has 0 saturated carbocycles. The van der Waals surface area contributed by atoms with Gasteiger partial charge in [0.15, 0.2) is 0 Å². The number of ether oxygens (including phenoxy) is 1. The number of nitrogens with zero attached hydrogens (tertiary/aromatic N) is 2. The van der Waals surface area contributed by atoms with E-state index >= 15 is 0 Å². The van der Waals surface area contributed by atoms with Crippen molar-refractivity contribution in [3.8, 4) is 11.5 Å². The first-order valence-electron chi connectivity index (χ1n) is 7.76. The van der Waals surface area contributed by atoms with Crippen LogP contribution in [0.2, 0.25) is 0 Å². The molecule has 0 N–H and O–H groups in total. The van der Waals surface area contributed by atoms with Crippen molar-refractivity contribution < 1.29 is 22.3 Å². The maximum Gasteiger partial charge on any atom is 0.416 e. The molecule has 2 heterocycles. The Labute approximate surface area is 138 Å². The van der Waals surface area contributed by atoms with Crippen molar-refractivity contribution in [1.29, 1.82) is 0 Å². The molecule has 4 nitrogen and oxygen atoms in total. The number of halogens is 3. The summed E-state index contributed by atoms with van der Waals surface area (Å²) in [7, 11) is 1.98. The molecule has 0 unspecified atom stereocenters. The number of likely N-dealkylation sites (N-methyl/N-ethyl adjacent to an activating group) is 1. The smallest absolute Gasteiger partial charge is 0.416 e. The van der Waals surface area contributed by atoms with Crippen LogP contribution in [0, 0.1) is 6.92 Å². The summed E-state index contributed by atoms with van der Waals surface area (Å²) in [5.74, 6) is 0.831. The van der Waals surface area contributed by atoms with E-state index in [1.807, 2.05) is 7.05 Å². The number of hydrogen-bond acceptors (Lipinski definition) is 4. The van der Waals surface area contributed by atoms with E-state index in [0.29, 0.717) is 30.5 Å². The monoisotopic (exact) mass is 340 g/mol. The average Bonchev–Trinajstić information content (AvgIpc) is 3.17. The van der Waals surface area contributed by atoms with E-state index in [4.69, 9.17) is 9.15 Å². The van der Waals surface area contributed by atoms with Crippen LogP contribution >= 0.6 is 0 Å². The molecule has 1 atom stereocenters. The second-order valence-corrected chi connectivity index (χ2v) is 6.03. The Morgan fingerprint density at radius 1 is 1.33 bits per heavy atom. The van der Waals surface area contributed by atoms with Crippen LogP contribution in [0.5, 0.6) is 0 Å². The molecule has 2 aromatic rings. The van der Waals surface area contributed by atoms with Gasteiger partial charge in [0.2, 0.25) is 5.89 Å². The second kappa shape index (κ2) is 6.57. The topological polar surface area (TPSA) is 38.5 Å². The van der Waals surface area contributed by atoms with Crippen molar-refractivity contribution in [3.63, 3.8) is 0 Å². The van der Waals surface area contributed by atoms with Crippen molar-refractivity contribution in [2.45, 2.75) is 32.1 Å². The average molecular weight is 340 g/mol. The van der Waals surface area contributed by atoms with Crippen LogP contribution in [-0.4, -0.2) is 36.2 Å². The quantitative estimate of drug-likeness (QED) is 0.846. The highest BCUT2D eigenvalue weighted by Gasteiger charge is 2.31. The molecule has 1 aromatic heterocycles. The van der Waals surface area contributed by atoms with Crippen molar-refractivity contribution in [2.24, 2.45) is 0 Å². The summed E-state index contributed by atoms with van der Waals surface area (Å²) in [5, 5.41) is 0. The standard InChI is InChI=1S/C17H19F3N2O2/c1-11-15(9-22(2)14-6-7-23-10-14)21-16(24-11)12-4-3-5-13(8-12)17(18,19)20/h3-5,8,14H,6-7,9-10H2,1-2H3/t14-/m1/s1. The van der Waals surface area contributed by atoms with Crippen LogP contribution in [0.4, 0.5) is 13.2 Å². The van der Waals surface area contributed by atoms with Crippen molar-refractivity contribution in [3.05, 3.63) is 41.3 Å². The fourth-order valence-corrected chi connectivity index (χ4v) is 2.76. The zero-order valence-electron chi connectivity index (χ0n) is 13.6. The molecule has 0 spiro atoms. The van der Waals surface area contributed by atoms with E-state index in [2.05, 4.69) is 9.88 Å². The fraction of sp³-hybridized carbons (Fsp3) is 0.471. The summed E-state index contributed by atoms with van der Waals surface area (Å²) in [6.45, 7) is 3.79. The first-order chi connectivity index (χ1) is 11.3. The Bertz CT molecular complexity index is 706. The summed E-state index contributed by atoms with van der Waals surface area (Å²) in [5.41, 5.74) is 0.348. The Morgan fingerprint density at radius 3 is 2.79 bits per heavy atom. The molecule has 24 heavy (non-hydrogen) atoms. The number of oxazole rings is 1. The SMILES string of the molecule is Cc1oc(-c2cccc(C(F)(F)F)c2)nc1CN(C)[C@@H]1CCOC1.